The highest BCUT2D eigenvalue weighted by atomic mass is 32.2. The molecule has 4 aliphatic rings. The molecule has 6 heterocycles. The molecule has 2 aromatic heterocycles. The number of aromatic nitrogens is 4. The first-order valence-corrected chi connectivity index (χ1v) is 42.9. The van der Waals surface area contributed by atoms with Gasteiger partial charge >= 0.3 is 17.4 Å². The van der Waals surface area contributed by atoms with E-state index in [1.807, 2.05) is 44.9 Å². The van der Waals surface area contributed by atoms with E-state index < -0.39 is 29.5 Å². The Morgan fingerprint density at radius 2 is 1.02 bits per heavy atom. The molecular weight excluding hydrogens is 1380 g/mol. The lowest BCUT2D eigenvalue weighted by Crippen LogP contribution is -2.36. The molecule has 104 heavy (non-hydrogen) atoms. The summed E-state index contributed by atoms with van der Waals surface area (Å²) >= 11 is 1.99. The van der Waals surface area contributed by atoms with Crippen molar-refractivity contribution in [1.82, 2.24) is 55.0 Å². The summed E-state index contributed by atoms with van der Waals surface area (Å²) in [6.45, 7) is 32.6. The summed E-state index contributed by atoms with van der Waals surface area (Å²) in [5.74, 6) is 2.45. The molecule has 26 nitrogen and oxygen atoms in total. The fourth-order valence-electron chi connectivity index (χ4n) is 13.6. The van der Waals surface area contributed by atoms with Crippen LogP contribution in [0.2, 0.25) is 0 Å². The number of carbonyl (C=O) groups is 3. The highest BCUT2D eigenvalue weighted by molar-refractivity contribution is 8.00. The smallest absolute Gasteiger partial charge is 0.351 e. The van der Waals surface area contributed by atoms with Crippen molar-refractivity contribution in [3.05, 3.63) is 44.5 Å². The van der Waals surface area contributed by atoms with E-state index in [0.717, 1.165) is 120 Å². The summed E-state index contributed by atoms with van der Waals surface area (Å²) in [5, 5.41) is 41.0. The average molecular weight is 1520 g/mol. The lowest BCUT2D eigenvalue weighted by molar-refractivity contribution is -0.122. The van der Waals surface area contributed by atoms with E-state index in [1.165, 1.54) is 51.4 Å². The average Bonchev–Trinajstić information content (AvgIpc) is 1.70. The van der Waals surface area contributed by atoms with E-state index in [-0.39, 0.29) is 85.7 Å². The minimum atomic E-state index is -1.44. The number of rotatable bonds is 53. The lowest BCUT2D eigenvalue weighted by atomic mass is 10.0. The second-order valence-corrected chi connectivity index (χ2v) is 33.2. The number of ether oxygens (including phenoxy) is 2. The number of nitrogens with one attached hydrogen (secondary N) is 7. The third kappa shape index (κ3) is 31.9. The third-order valence-electron chi connectivity index (χ3n) is 19.1. The van der Waals surface area contributed by atoms with Crippen molar-refractivity contribution in [3.63, 3.8) is 0 Å². The minimum absolute atomic E-state index is 0. The van der Waals surface area contributed by atoms with Crippen molar-refractivity contribution in [3.8, 4) is 12.1 Å². The highest BCUT2D eigenvalue weighted by Gasteiger charge is 2.44. The van der Waals surface area contributed by atoms with Crippen LogP contribution in [0.25, 0.3) is 0 Å². The number of aryl methyl sites for hydroxylation is 2. The minimum Gasteiger partial charge on any atom is -0.370 e. The SMILES string of the molecule is CCC1OC(n2cc(C)c(NCCCCCCNC(=O)CCCCCNC(=O)CCCCCNCCCCCC3SCC4NC(=O)NC43)nc2=O)CC1OP(OCCC#N)N(C(C)C)C(C)C.CCCCCCCNc1nc(=O)n(C2CC(OP(OCCC#N)N(C(C)C)C(C)C)C(CC)O2)cc1C.[HH]. The van der Waals surface area contributed by atoms with Crippen molar-refractivity contribution in [2.75, 3.05) is 68.9 Å². The molecule has 4 aliphatic heterocycles. The third-order valence-corrected chi connectivity index (χ3v) is 24.9. The van der Waals surface area contributed by atoms with E-state index in [9.17, 15) is 24.0 Å². The summed E-state index contributed by atoms with van der Waals surface area (Å²) in [6.07, 6.45) is 26.2. The van der Waals surface area contributed by atoms with Gasteiger partial charge < -0.3 is 64.8 Å². The Balaban J connectivity index is 0.000000519. The standard InChI is InChI=1S/C48H85N10O7PS.C27H48N5O4P.H2/c1-7-39-40(65-66(63-31-21-25-49)58(35(2)3)36(4)5)32-44(64-39)57-33-37(6)46(56-48(57)62)53-30-19-9-8-18-28-51-43(60)24-15-12-20-29-52-42(59)23-14-11-17-27-50-26-16-10-13-22-41-45-38(34-67-41)54-47(61)55-45;1-8-10-11-12-13-16-29-26-22(7)19-31(27(33)30-26)25-18-24(23(9-2)35-25)36-37(34-17-14-15-28)32(20(3)4)21(5)6;/h33,35-36,38-41,44-45,50H,7-24,26-32,34H2,1-6H3,(H,51,60)(H,52,59)(H,53,56,62)(H2,54,55,61);19-21,23-25H,8-14,16-18H2,1-7H3,(H,29,30,33);1H. The van der Waals surface area contributed by atoms with E-state index in [2.05, 4.69) is 138 Å². The number of hydrogen-bond acceptors (Lipinski definition) is 21. The maximum Gasteiger partial charge on any atom is 0.351 e. The van der Waals surface area contributed by atoms with Gasteiger partial charge in [0, 0.05) is 112 Å². The number of thioether (sulfide) groups is 1. The fourth-order valence-corrected chi connectivity index (χ4v) is 18.7. The number of hydrogen-bond donors (Lipinski definition) is 7. The Morgan fingerprint density at radius 1 is 0.606 bits per heavy atom. The predicted octanol–water partition coefficient (Wildman–Crippen LogP) is 14.1. The number of anilines is 2. The molecule has 0 spiro atoms. The molecular formula is C75H135N15O11P2S. The van der Waals surface area contributed by atoms with Crippen LogP contribution >= 0.6 is 28.8 Å². The molecule has 0 bridgehead atoms. The molecule has 4 saturated heterocycles. The van der Waals surface area contributed by atoms with Crippen LogP contribution in [0, 0.1) is 36.5 Å². The topological polar surface area (TPSA) is 315 Å². The lowest BCUT2D eigenvalue weighted by Gasteiger charge is -2.37. The van der Waals surface area contributed by atoms with Crippen LogP contribution in [0.1, 0.15) is 275 Å². The number of fused-ring (bicyclic) bond motifs is 1. The Hall–Kier alpha value is -4.60. The first-order valence-electron chi connectivity index (χ1n) is 39.6. The monoisotopic (exact) mass is 1520 g/mol. The van der Waals surface area contributed by atoms with Gasteiger partial charge in [-0.05, 0) is 153 Å². The zero-order chi connectivity index (χ0) is 75.8. The van der Waals surface area contributed by atoms with Crippen LogP contribution in [0.15, 0.2) is 22.0 Å². The molecule has 7 N–H and O–H groups in total. The maximum absolute atomic E-state index is 13.3. The van der Waals surface area contributed by atoms with Crippen LogP contribution in [0.5, 0.6) is 0 Å². The van der Waals surface area contributed by atoms with Gasteiger partial charge in [-0.2, -0.15) is 32.3 Å². The van der Waals surface area contributed by atoms with E-state index >= 15 is 0 Å². The molecule has 592 valence electrons. The summed E-state index contributed by atoms with van der Waals surface area (Å²) in [4.78, 5) is 71.0. The zero-order valence-electron chi connectivity index (χ0n) is 65.5. The second kappa shape index (κ2) is 50.9. The van der Waals surface area contributed by atoms with Crippen molar-refractivity contribution in [2.45, 2.75) is 342 Å². The van der Waals surface area contributed by atoms with E-state index in [0.29, 0.717) is 93.9 Å². The van der Waals surface area contributed by atoms with Gasteiger partial charge in [0.1, 0.15) is 24.1 Å². The Labute approximate surface area is 631 Å². The molecule has 4 amide bonds. The maximum atomic E-state index is 13.3. The van der Waals surface area contributed by atoms with E-state index in [1.54, 1.807) is 9.13 Å². The number of carbonyl (C=O) groups excluding carboxylic acids is 3. The fraction of sp³-hybridized carbons (Fsp3) is 0.827. The van der Waals surface area contributed by atoms with Gasteiger partial charge in [0.2, 0.25) is 11.8 Å². The molecule has 0 aliphatic carbocycles. The summed E-state index contributed by atoms with van der Waals surface area (Å²) in [6, 6.07) is 5.68. The Bertz CT molecular complexity index is 2990. The Kier molecular flexibility index (Phi) is 44.1. The molecule has 0 radical (unpaired) electrons. The molecule has 6 rings (SSSR count). The number of nitrogens with zero attached hydrogens (tertiary/aromatic N) is 8. The number of nitriles is 2. The predicted molar refractivity (Wildman–Crippen MR) is 420 cm³/mol. The highest BCUT2D eigenvalue weighted by Crippen LogP contribution is 2.52. The second-order valence-electron chi connectivity index (χ2n) is 29.1. The summed E-state index contributed by atoms with van der Waals surface area (Å²) < 4.78 is 45.7. The van der Waals surface area contributed by atoms with Crippen molar-refractivity contribution >= 4 is 58.3 Å². The molecule has 11 atom stereocenters. The number of unbranched alkanes of at least 4 members (excludes halogenated alkanes) is 13. The molecule has 0 aromatic carbocycles. The van der Waals surface area contributed by atoms with Crippen molar-refractivity contribution < 1.29 is 43.4 Å². The first-order chi connectivity index (χ1) is 50.1. The van der Waals surface area contributed by atoms with Gasteiger partial charge in [-0.1, -0.05) is 85.0 Å². The van der Waals surface area contributed by atoms with Gasteiger partial charge in [0.25, 0.3) is 17.1 Å². The first kappa shape index (κ1) is 90.0. The summed E-state index contributed by atoms with van der Waals surface area (Å²) in [7, 11) is -2.83. The molecule has 29 heteroatoms. The van der Waals surface area contributed by atoms with Crippen LogP contribution in [0.3, 0.4) is 0 Å². The van der Waals surface area contributed by atoms with Gasteiger partial charge in [0.05, 0.1) is 74.7 Å². The quantitative estimate of drug-likeness (QED) is 0.0184. The number of urea groups is 1. The van der Waals surface area contributed by atoms with Gasteiger partial charge in [-0.15, -0.1) is 0 Å². The van der Waals surface area contributed by atoms with Crippen molar-refractivity contribution in [2.24, 2.45) is 0 Å². The van der Waals surface area contributed by atoms with E-state index in [4.69, 9.17) is 38.1 Å². The normalized spacial score (nSPS) is 21.3. The van der Waals surface area contributed by atoms with Gasteiger partial charge in [-0.3, -0.25) is 18.7 Å². The van der Waals surface area contributed by atoms with Gasteiger partial charge in [0.15, 0.2) is 0 Å². The van der Waals surface area contributed by atoms with Crippen LogP contribution in [-0.4, -0.2) is 170 Å². The van der Waals surface area contributed by atoms with Crippen LogP contribution in [0.4, 0.5) is 16.4 Å². The Morgan fingerprint density at radius 3 is 1.44 bits per heavy atom. The largest absolute Gasteiger partial charge is 0.370 e. The van der Waals surface area contributed by atoms with Crippen LogP contribution < -0.4 is 48.6 Å². The summed E-state index contributed by atoms with van der Waals surface area (Å²) in [5.41, 5.74) is 1.08. The van der Waals surface area contributed by atoms with Crippen LogP contribution in [-0.2, 0) is 37.2 Å². The van der Waals surface area contributed by atoms with Gasteiger partial charge in [-0.25, -0.2) is 23.7 Å². The molecule has 0 saturated carbocycles. The van der Waals surface area contributed by atoms with Crippen molar-refractivity contribution in [1.29, 1.82) is 10.5 Å². The molecule has 11 unspecified atom stereocenters. The number of amides is 4. The zero-order valence-corrected chi connectivity index (χ0v) is 68.1. The molecule has 4 fully saturated rings. The molecule has 2 aromatic rings.